The zero-order chi connectivity index (χ0) is 19.5. The molecule has 1 aliphatic rings. The first-order valence-corrected chi connectivity index (χ1v) is 9.88. The molecule has 1 fully saturated rings. The SMILES string of the molecule is Cc1cccc(C(=O)N2CCCC(c3ncc(Cc4cccc(Cl)c4)o3)C2)n1. The number of halogens is 1. The van der Waals surface area contributed by atoms with E-state index >= 15 is 0 Å². The number of aryl methyl sites for hydroxylation is 1. The van der Waals surface area contributed by atoms with Crippen LogP contribution in [0.1, 0.15) is 52.2 Å². The number of piperidine rings is 1. The van der Waals surface area contributed by atoms with Crippen LogP contribution in [0.4, 0.5) is 0 Å². The van der Waals surface area contributed by atoms with Gasteiger partial charge in [-0.2, -0.15) is 0 Å². The summed E-state index contributed by atoms with van der Waals surface area (Å²) in [5.41, 5.74) is 2.42. The van der Waals surface area contributed by atoms with Crippen molar-refractivity contribution in [2.45, 2.75) is 32.1 Å². The van der Waals surface area contributed by atoms with Crippen LogP contribution in [0, 0.1) is 6.92 Å². The van der Waals surface area contributed by atoms with E-state index in [0.29, 0.717) is 29.6 Å². The Labute approximate surface area is 169 Å². The van der Waals surface area contributed by atoms with Gasteiger partial charge in [-0.25, -0.2) is 9.97 Å². The maximum atomic E-state index is 12.8. The molecule has 1 saturated heterocycles. The monoisotopic (exact) mass is 395 g/mol. The topological polar surface area (TPSA) is 59.2 Å². The Kier molecular flexibility index (Phi) is 5.44. The molecule has 0 bridgehead atoms. The zero-order valence-corrected chi connectivity index (χ0v) is 16.5. The molecule has 1 unspecified atom stereocenters. The van der Waals surface area contributed by atoms with Crippen molar-refractivity contribution in [3.63, 3.8) is 0 Å². The third kappa shape index (κ3) is 4.25. The van der Waals surface area contributed by atoms with Crippen LogP contribution >= 0.6 is 11.6 Å². The number of likely N-dealkylation sites (tertiary alicyclic amines) is 1. The molecule has 3 aromatic rings. The fraction of sp³-hybridized carbons (Fsp3) is 0.318. The molecule has 0 N–H and O–H groups in total. The van der Waals surface area contributed by atoms with Crippen LogP contribution in [0.15, 0.2) is 53.1 Å². The number of aromatic nitrogens is 2. The van der Waals surface area contributed by atoms with Gasteiger partial charge in [-0.15, -0.1) is 0 Å². The molecule has 5 nitrogen and oxygen atoms in total. The van der Waals surface area contributed by atoms with Gasteiger partial charge in [0, 0.05) is 30.2 Å². The zero-order valence-electron chi connectivity index (χ0n) is 15.8. The molecule has 1 aliphatic heterocycles. The smallest absolute Gasteiger partial charge is 0.272 e. The lowest BCUT2D eigenvalue weighted by molar-refractivity contribution is 0.0691. The van der Waals surface area contributed by atoms with E-state index in [0.717, 1.165) is 36.4 Å². The van der Waals surface area contributed by atoms with Crippen molar-refractivity contribution in [2.75, 3.05) is 13.1 Å². The minimum atomic E-state index is -0.0286. The van der Waals surface area contributed by atoms with Gasteiger partial charge in [0.15, 0.2) is 5.89 Å². The van der Waals surface area contributed by atoms with Crippen LogP contribution in [-0.2, 0) is 6.42 Å². The van der Waals surface area contributed by atoms with E-state index < -0.39 is 0 Å². The van der Waals surface area contributed by atoms with E-state index in [2.05, 4.69) is 9.97 Å². The predicted molar refractivity (Wildman–Crippen MR) is 108 cm³/mol. The van der Waals surface area contributed by atoms with Crippen LogP contribution in [-0.4, -0.2) is 33.9 Å². The van der Waals surface area contributed by atoms with E-state index in [1.807, 2.05) is 48.2 Å². The maximum absolute atomic E-state index is 12.8. The minimum absolute atomic E-state index is 0.0286. The van der Waals surface area contributed by atoms with Gasteiger partial charge < -0.3 is 9.32 Å². The van der Waals surface area contributed by atoms with Crippen molar-refractivity contribution in [1.82, 2.24) is 14.9 Å². The number of carbonyl (C=O) groups is 1. The summed E-state index contributed by atoms with van der Waals surface area (Å²) in [6.07, 6.45) is 4.31. The van der Waals surface area contributed by atoms with Gasteiger partial charge in [0.05, 0.1) is 12.1 Å². The van der Waals surface area contributed by atoms with E-state index in [1.54, 1.807) is 12.3 Å². The second-order valence-corrected chi connectivity index (χ2v) is 7.66. The molecule has 28 heavy (non-hydrogen) atoms. The van der Waals surface area contributed by atoms with E-state index in [4.69, 9.17) is 16.0 Å². The lowest BCUT2D eigenvalue weighted by Crippen LogP contribution is -2.39. The first-order valence-electron chi connectivity index (χ1n) is 9.50. The summed E-state index contributed by atoms with van der Waals surface area (Å²) >= 11 is 6.06. The number of pyridine rings is 1. The second kappa shape index (κ2) is 8.15. The van der Waals surface area contributed by atoms with E-state index in [-0.39, 0.29) is 11.8 Å². The molecule has 0 saturated carbocycles. The Morgan fingerprint density at radius 2 is 2.14 bits per heavy atom. The average molecular weight is 396 g/mol. The van der Waals surface area contributed by atoms with Crippen LogP contribution in [0.5, 0.6) is 0 Å². The standard InChI is InChI=1S/C22H22ClN3O2/c1-15-5-2-9-20(25-15)22(27)26-10-4-7-17(14-26)21-24-13-19(28-21)12-16-6-3-8-18(23)11-16/h2-3,5-6,8-9,11,13,17H,4,7,10,12,14H2,1H3. The Hall–Kier alpha value is -2.66. The van der Waals surface area contributed by atoms with Gasteiger partial charge in [0.2, 0.25) is 0 Å². The number of rotatable bonds is 4. The highest BCUT2D eigenvalue weighted by Crippen LogP contribution is 2.28. The highest BCUT2D eigenvalue weighted by molar-refractivity contribution is 6.30. The fourth-order valence-electron chi connectivity index (χ4n) is 3.63. The molecule has 1 aromatic carbocycles. The minimum Gasteiger partial charge on any atom is -0.445 e. The first-order chi connectivity index (χ1) is 13.6. The average Bonchev–Trinajstić information content (AvgIpc) is 3.16. The quantitative estimate of drug-likeness (QED) is 0.645. The van der Waals surface area contributed by atoms with Crippen molar-refractivity contribution in [3.8, 4) is 0 Å². The molecular formula is C22H22ClN3O2. The van der Waals surface area contributed by atoms with Gasteiger partial charge >= 0.3 is 0 Å². The van der Waals surface area contributed by atoms with Crippen molar-refractivity contribution < 1.29 is 9.21 Å². The molecule has 0 spiro atoms. The number of hydrogen-bond donors (Lipinski definition) is 0. The van der Waals surface area contributed by atoms with Crippen molar-refractivity contribution in [3.05, 3.63) is 82.3 Å². The Morgan fingerprint density at radius 3 is 2.96 bits per heavy atom. The molecule has 3 heterocycles. The lowest BCUT2D eigenvalue weighted by atomic mass is 9.97. The van der Waals surface area contributed by atoms with Crippen LogP contribution in [0.3, 0.4) is 0 Å². The third-order valence-electron chi connectivity index (χ3n) is 5.00. The Balaban J connectivity index is 1.45. The maximum Gasteiger partial charge on any atom is 0.272 e. The molecule has 4 rings (SSSR count). The number of carbonyl (C=O) groups excluding carboxylic acids is 1. The molecule has 144 valence electrons. The Morgan fingerprint density at radius 1 is 1.29 bits per heavy atom. The molecular weight excluding hydrogens is 374 g/mol. The molecule has 6 heteroatoms. The van der Waals surface area contributed by atoms with Crippen molar-refractivity contribution in [1.29, 1.82) is 0 Å². The summed E-state index contributed by atoms with van der Waals surface area (Å²) in [6.45, 7) is 3.23. The fourth-order valence-corrected chi connectivity index (χ4v) is 3.84. The molecule has 1 atom stereocenters. The lowest BCUT2D eigenvalue weighted by Gasteiger charge is -2.31. The van der Waals surface area contributed by atoms with E-state index in [9.17, 15) is 4.79 Å². The molecule has 0 aliphatic carbocycles. The van der Waals surface area contributed by atoms with Gasteiger partial charge in [0.25, 0.3) is 5.91 Å². The van der Waals surface area contributed by atoms with Crippen LogP contribution in [0.2, 0.25) is 5.02 Å². The predicted octanol–water partition coefficient (Wildman–Crippen LogP) is 4.64. The summed E-state index contributed by atoms with van der Waals surface area (Å²) in [5.74, 6) is 1.59. The number of amides is 1. The van der Waals surface area contributed by atoms with Gasteiger partial charge in [-0.05, 0) is 49.6 Å². The highest BCUT2D eigenvalue weighted by Gasteiger charge is 2.29. The third-order valence-corrected chi connectivity index (χ3v) is 5.24. The summed E-state index contributed by atoms with van der Waals surface area (Å²) in [6, 6.07) is 13.3. The molecule has 0 radical (unpaired) electrons. The number of nitrogens with zero attached hydrogens (tertiary/aromatic N) is 3. The summed E-state index contributed by atoms with van der Waals surface area (Å²) in [5, 5.41) is 0.712. The van der Waals surface area contributed by atoms with Gasteiger partial charge in [-0.1, -0.05) is 29.8 Å². The molecule has 1 amide bonds. The van der Waals surface area contributed by atoms with Crippen molar-refractivity contribution in [2.24, 2.45) is 0 Å². The van der Waals surface area contributed by atoms with E-state index in [1.165, 1.54) is 0 Å². The number of benzene rings is 1. The van der Waals surface area contributed by atoms with Crippen molar-refractivity contribution >= 4 is 17.5 Å². The summed E-state index contributed by atoms with van der Waals surface area (Å²) in [4.78, 5) is 23.5. The molecule has 2 aromatic heterocycles. The number of hydrogen-bond acceptors (Lipinski definition) is 4. The largest absolute Gasteiger partial charge is 0.445 e. The summed E-state index contributed by atoms with van der Waals surface area (Å²) in [7, 11) is 0. The van der Waals surface area contributed by atoms with Crippen LogP contribution < -0.4 is 0 Å². The first kappa shape index (κ1) is 18.7. The Bertz CT molecular complexity index is 985. The van der Waals surface area contributed by atoms with Gasteiger partial charge in [-0.3, -0.25) is 4.79 Å². The normalized spacial score (nSPS) is 16.9. The second-order valence-electron chi connectivity index (χ2n) is 7.23. The summed E-state index contributed by atoms with van der Waals surface area (Å²) < 4.78 is 6.01. The van der Waals surface area contributed by atoms with Crippen LogP contribution in [0.25, 0.3) is 0 Å². The van der Waals surface area contributed by atoms with Gasteiger partial charge in [0.1, 0.15) is 11.5 Å². The number of oxazole rings is 1. The highest BCUT2D eigenvalue weighted by atomic mass is 35.5.